The molecule has 0 aromatic carbocycles. The van der Waals surface area contributed by atoms with Gasteiger partial charge in [0.2, 0.25) is 11.7 Å². The number of esters is 1. The van der Waals surface area contributed by atoms with E-state index in [1.165, 1.54) is 11.5 Å². The van der Waals surface area contributed by atoms with Gasteiger partial charge in [0, 0.05) is 45.5 Å². The number of unbranched alkanes of at least 4 members (excludes halogenated alkanes) is 1. The molecule has 11 heteroatoms. The van der Waals surface area contributed by atoms with Crippen LogP contribution in [0.25, 0.3) is 5.65 Å². The Hall–Kier alpha value is -3.18. The van der Waals surface area contributed by atoms with Crippen molar-refractivity contribution in [2.45, 2.75) is 19.8 Å². The number of nitrogens with zero attached hydrogens (tertiary/aromatic N) is 6. The summed E-state index contributed by atoms with van der Waals surface area (Å²) in [6.07, 6.45) is 3.33. The minimum atomic E-state index is -0.755. The van der Waals surface area contributed by atoms with Crippen molar-refractivity contribution < 1.29 is 19.1 Å². The Morgan fingerprint density at radius 1 is 1.06 bits per heavy atom. The number of anilines is 2. The van der Waals surface area contributed by atoms with Crippen molar-refractivity contribution >= 4 is 28.9 Å². The van der Waals surface area contributed by atoms with E-state index in [0.717, 1.165) is 44.7 Å². The summed E-state index contributed by atoms with van der Waals surface area (Å²) >= 11 is 0. The summed E-state index contributed by atoms with van der Waals surface area (Å²) in [6.45, 7) is 7.06. The SMILES string of the molecule is CCCCOc1c(C(=O)OC)nc2c(N3CCN(C)CC3=O)cc(N3CCN(C)CC3)cn2c1=O. The molecule has 2 aliphatic rings. The molecule has 190 valence electrons. The maximum atomic E-state index is 13.7. The molecule has 0 saturated carbocycles. The molecule has 1 amide bonds. The first-order valence-corrected chi connectivity index (χ1v) is 12.1. The number of methoxy groups -OCH3 is 1. The standard InChI is InChI=1S/C24H34N6O5/c1-5-6-13-35-21-20(24(33)34-4)25-22-18(29-12-9-27(3)16-19(29)31)14-17(15-30(22)23(21)32)28-10-7-26(2)8-11-28/h14-15H,5-13,16H2,1-4H3. The van der Waals surface area contributed by atoms with E-state index < -0.39 is 11.5 Å². The molecule has 2 aromatic rings. The fourth-order valence-corrected chi connectivity index (χ4v) is 4.36. The predicted octanol–water partition coefficient (Wildman–Crippen LogP) is 0.690. The van der Waals surface area contributed by atoms with Crippen molar-refractivity contribution in [1.29, 1.82) is 0 Å². The van der Waals surface area contributed by atoms with E-state index in [4.69, 9.17) is 9.47 Å². The Kier molecular flexibility index (Phi) is 7.56. The monoisotopic (exact) mass is 486 g/mol. The zero-order valence-corrected chi connectivity index (χ0v) is 21.0. The summed E-state index contributed by atoms with van der Waals surface area (Å²) in [6, 6.07) is 1.90. The molecule has 2 saturated heterocycles. The van der Waals surface area contributed by atoms with Crippen LogP contribution < -0.4 is 20.1 Å². The molecule has 0 radical (unpaired) electrons. The minimum absolute atomic E-state index is 0.0895. The first-order valence-electron chi connectivity index (χ1n) is 12.1. The average Bonchev–Trinajstić information content (AvgIpc) is 2.85. The van der Waals surface area contributed by atoms with E-state index in [2.05, 4.69) is 21.8 Å². The minimum Gasteiger partial charge on any atom is -0.486 e. The van der Waals surface area contributed by atoms with Crippen LogP contribution in [0.3, 0.4) is 0 Å². The van der Waals surface area contributed by atoms with Crippen LogP contribution in [0, 0.1) is 0 Å². The third-order valence-electron chi connectivity index (χ3n) is 6.54. The van der Waals surface area contributed by atoms with E-state index in [9.17, 15) is 14.4 Å². The van der Waals surface area contributed by atoms with Crippen LogP contribution >= 0.6 is 0 Å². The molecule has 0 bridgehead atoms. The van der Waals surface area contributed by atoms with E-state index in [-0.39, 0.29) is 36.1 Å². The molecule has 2 fully saturated rings. The first-order chi connectivity index (χ1) is 16.8. The summed E-state index contributed by atoms with van der Waals surface area (Å²) in [7, 11) is 5.21. The molecule has 0 N–H and O–H groups in total. The molecule has 4 rings (SSSR count). The Morgan fingerprint density at radius 2 is 1.77 bits per heavy atom. The zero-order chi connectivity index (χ0) is 25.1. The van der Waals surface area contributed by atoms with Crippen molar-refractivity contribution in [2.24, 2.45) is 0 Å². The van der Waals surface area contributed by atoms with Crippen LogP contribution in [0.1, 0.15) is 30.3 Å². The van der Waals surface area contributed by atoms with Crippen molar-refractivity contribution in [1.82, 2.24) is 19.2 Å². The molecule has 4 heterocycles. The van der Waals surface area contributed by atoms with E-state index in [1.807, 2.05) is 24.9 Å². The number of pyridine rings is 1. The number of ether oxygens (including phenoxy) is 2. The smallest absolute Gasteiger partial charge is 0.360 e. The molecular weight excluding hydrogens is 452 g/mol. The lowest BCUT2D eigenvalue weighted by molar-refractivity contribution is -0.120. The number of amides is 1. The Labute approximate surface area is 204 Å². The lowest BCUT2D eigenvalue weighted by Gasteiger charge is -2.36. The molecule has 0 aliphatic carbocycles. The Balaban J connectivity index is 1.91. The third kappa shape index (κ3) is 5.10. The molecule has 0 spiro atoms. The van der Waals surface area contributed by atoms with Gasteiger partial charge in [0.25, 0.3) is 0 Å². The maximum Gasteiger partial charge on any atom is 0.360 e. The lowest BCUT2D eigenvalue weighted by atomic mass is 10.2. The van der Waals surface area contributed by atoms with Crippen molar-refractivity contribution in [3.63, 3.8) is 0 Å². The largest absolute Gasteiger partial charge is 0.486 e. The summed E-state index contributed by atoms with van der Waals surface area (Å²) < 4.78 is 12.1. The molecular formula is C24H34N6O5. The topological polar surface area (TPSA) is 99.9 Å². The van der Waals surface area contributed by atoms with Gasteiger partial charge in [-0.2, -0.15) is 0 Å². The molecule has 2 aromatic heterocycles. The lowest BCUT2D eigenvalue weighted by Crippen LogP contribution is -2.49. The number of piperazine rings is 2. The van der Waals surface area contributed by atoms with Gasteiger partial charge in [-0.1, -0.05) is 13.3 Å². The highest BCUT2D eigenvalue weighted by atomic mass is 16.5. The van der Waals surface area contributed by atoms with Gasteiger partial charge >= 0.3 is 11.5 Å². The van der Waals surface area contributed by atoms with Crippen LogP contribution in [0.2, 0.25) is 0 Å². The number of likely N-dealkylation sites (N-methyl/N-ethyl adjacent to an activating group) is 2. The highest BCUT2D eigenvalue weighted by Crippen LogP contribution is 2.30. The summed E-state index contributed by atoms with van der Waals surface area (Å²) in [4.78, 5) is 51.9. The van der Waals surface area contributed by atoms with E-state index >= 15 is 0 Å². The fraction of sp³-hybridized carbons (Fsp3) is 0.583. The number of aromatic nitrogens is 2. The Morgan fingerprint density at radius 3 is 2.43 bits per heavy atom. The van der Waals surface area contributed by atoms with E-state index in [1.54, 1.807) is 11.1 Å². The maximum absolute atomic E-state index is 13.7. The molecule has 0 atom stereocenters. The van der Waals surface area contributed by atoms with Crippen LogP contribution in [0.4, 0.5) is 11.4 Å². The normalized spacial score (nSPS) is 17.8. The van der Waals surface area contributed by atoms with Gasteiger partial charge in [0.1, 0.15) is 0 Å². The third-order valence-corrected chi connectivity index (χ3v) is 6.54. The van der Waals surface area contributed by atoms with Crippen molar-refractivity contribution in [2.75, 3.05) is 83.4 Å². The van der Waals surface area contributed by atoms with Crippen LogP contribution in [-0.2, 0) is 9.53 Å². The first kappa shape index (κ1) is 24.9. The Bertz CT molecular complexity index is 1160. The molecule has 11 nitrogen and oxygen atoms in total. The van der Waals surface area contributed by atoms with Gasteiger partial charge in [0.15, 0.2) is 11.3 Å². The van der Waals surface area contributed by atoms with Gasteiger partial charge in [-0.3, -0.25) is 18.9 Å². The second-order valence-corrected chi connectivity index (χ2v) is 9.14. The van der Waals surface area contributed by atoms with E-state index in [0.29, 0.717) is 18.8 Å². The number of rotatable bonds is 7. The van der Waals surface area contributed by atoms with Crippen LogP contribution in [0.5, 0.6) is 5.75 Å². The molecule has 0 unspecified atom stereocenters. The summed E-state index contributed by atoms with van der Waals surface area (Å²) in [5, 5.41) is 0. The van der Waals surface area contributed by atoms with Crippen molar-refractivity contribution in [3.8, 4) is 5.75 Å². The van der Waals surface area contributed by atoms with Gasteiger partial charge < -0.3 is 24.2 Å². The van der Waals surface area contributed by atoms with Gasteiger partial charge in [-0.05, 0) is 26.6 Å². The highest BCUT2D eigenvalue weighted by Gasteiger charge is 2.29. The quantitative estimate of drug-likeness (QED) is 0.413. The number of hydrogen-bond donors (Lipinski definition) is 0. The zero-order valence-electron chi connectivity index (χ0n) is 21.0. The van der Waals surface area contributed by atoms with Crippen molar-refractivity contribution in [3.05, 3.63) is 28.3 Å². The number of hydrogen-bond acceptors (Lipinski definition) is 9. The van der Waals surface area contributed by atoms with Crippen LogP contribution in [-0.4, -0.2) is 105 Å². The fourth-order valence-electron chi connectivity index (χ4n) is 4.36. The molecule has 2 aliphatic heterocycles. The predicted molar refractivity (Wildman–Crippen MR) is 133 cm³/mol. The van der Waals surface area contributed by atoms with Gasteiger partial charge in [-0.25, -0.2) is 9.78 Å². The summed E-state index contributed by atoms with van der Waals surface area (Å²) in [5.41, 5.74) is 0.881. The molecule has 35 heavy (non-hydrogen) atoms. The second-order valence-electron chi connectivity index (χ2n) is 9.14. The number of fused-ring (bicyclic) bond motifs is 1. The second kappa shape index (κ2) is 10.6. The summed E-state index contributed by atoms with van der Waals surface area (Å²) in [5.74, 6) is -0.975. The average molecular weight is 487 g/mol. The highest BCUT2D eigenvalue weighted by molar-refractivity contribution is 6.00. The number of carbonyl (C=O) groups is 2. The number of carbonyl (C=O) groups excluding carboxylic acids is 2. The van der Waals surface area contributed by atoms with Gasteiger partial charge in [0.05, 0.1) is 31.6 Å². The van der Waals surface area contributed by atoms with Crippen LogP contribution in [0.15, 0.2) is 17.1 Å². The van der Waals surface area contributed by atoms with Gasteiger partial charge in [-0.15, -0.1) is 0 Å².